The Morgan fingerprint density at radius 3 is 2.83 bits per heavy atom. The van der Waals surface area contributed by atoms with Gasteiger partial charge in [0.05, 0.1) is 37.8 Å². The van der Waals surface area contributed by atoms with Crippen molar-refractivity contribution in [2.75, 3.05) is 32.7 Å². The van der Waals surface area contributed by atoms with Crippen molar-refractivity contribution in [3.05, 3.63) is 16.8 Å². The van der Waals surface area contributed by atoms with Gasteiger partial charge in [-0.1, -0.05) is 5.11 Å². The fourth-order valence-electron chi connectivity index (χ4n) is 3.71. The molecule has 198 valence electrons. The molecule has 16 nitrogen and oxygen atoms in total. The zero-order chi connectivity index (χ0) is 26.5. The maximum Gasteiger partial charge on any atom is 0.475 e. The van der Waals surface area contributed by atoms with Crippen LogP contribution in [0.1, 0.15) is 40.3 Å². The quantitative estimate of drug-likeness (QED) is 0.139. The van der Waals surface area contributed by atoms with E-state index < -0.39 is 37.8 Å². The summed E-state index contributed by atoms with van der Waals surface area (Å²) >= 11 is 0. The molecule has 2 aromatic heterocycles. The van der Waals surface area contributed by atoms with E-state index in [0.717, 1.165) is 7.11 Å². The first-order valence-corrected chi connectivity index (χ1v) is 12.6. The molecule has 17 heteroatoms. The van der Waals surface area contributed by atoms with Crippen LogP contribution in [0, 0.1) is 0 Å². The van der Waals surface area contributed by atoms with Crippen molar-refractivity contribution >= 4 is 30.9 Å². The fraction of sp³-hybridized carbons (Fsp3) is 0.684. The Morgan fingerprint density at radius 1 is 1.44 bits per heavy atom. The first-order chi connectivity index (χ1) is 17.1. The summed E-state index contributed by atoms with van der Waals surface area (Å²) in [4.78, 5) is 27.4. The predicted octanol–water partition coefficient (Wildman–Crippen LogP) is 2.90. The molecular formula is C19H29N8O8P. The van der Waals surface area contributed by atoms with Gasteiger partial charge in [0.25, 0.3) is 0 Å². The van der Waals surface area contributed by atoms with Gasteiger partial charge in [0.2, 0.25) is 11.8 Å². The molecule has 3 heterocycles. The number of azide groups is 1. The normalized spacial score (nSPS) is 24.1. The highest BCUT2D eigenvalue weighted by atomic mass is 31.2. The molecule has 1 saturated heterocycles. The predicted molar refractivity (Wildman–Crippen MR) is 125 cm³/mol. The molecule has 3 rings (SSSR count). The number of fused-ring (bicyclic) bond motifs is 1. The number of phosphoric acid groups is 1. The van der Waals surface area contributed by atoms with Crippen LogP contribution in [0.5, 0.6) is 5.88 Å². The fourth-order valence-corrected chi connectivity index (χ4v) is 4.78. The van der Waals surface area contributed by atoms with Crippen LogP contribution in [-0.2, 0) is 32.4 Å². The van der Waals surface area contributed by atoms with Gasteiger partial charge in [-0.3, -0.25) is 18.1 Å². The Bertz CT molecular complexity index is 1190. The number of esters is 1. The lowest BCUT2D eigenvalue weighted by molar-refractivity contribution is -0.151. The highest BCUT2D eigenvalue weighted by Gasteiger charge is 2.48. The first-order valence-electron chi connectivity index (χ1n) is 11.1. The molecule has 5 atom stereocenters. The third-order valence-corrected chi connectivity index (χ3v) is 6.74. The Kier molecular flexibility index (Phi) is 8.71. The average Bonchev–Trinajstić information content (AvgIpc) is 3.38. The number of nitrogens with two attached hydrogens (primary N) is 1. The molecule has 0 amide bonds. The summed E-state index contributed by atoms with van der Waals surface area (Å²) in [5, 5.41) is 3.94. The van der Waals surface area contributed by atoms with E-state index >= 15 is 0 Å². The Hall–Kier alpha value is -3.00. The standard InChI is InChI=1S/C19H29N8O8P/c1-6-31-15-13-14(23-18(20)24-15)27(10-22-13)17-19(4,25-26-21)8-12(34-17)9-33-36(29,30-5)35-11(3)16(28)32-7-2/h10-12,17H,6-9H2,1-5H3,(H2,20,23,24)/t11?,12-,17+,19+,36?/m0/s1. The van der Waals surface area contributed by atoms with E-state index in [2.05, 4.69) is 25.0 Å². The van der Waals surface area contributed by atoms with Crippen LogP contribution in [0.2, 0.25) is 0 Å². The summed E-state index contributed by atoms with van der Waals surface area (Å²) in [5.74, 6) is -0.549. The monoisotopic (exact) mass is 528 g/mol. The molecule has 2 unspecified atom stereocenters. The maximum atomic E-state index is 12.9. The second kappa shape index (κ2) is 11.4. The van der Waals surface area contributed by atoms with E-state index in [0.29, 0.717) is 17.8 Å². The number of ether oxygens (including phenoxy) is 3. The summed E-state index contributed by atoms with van der Waals surface area (Å²) in [7, 11) is -3.02. The molecule has 2 aromatic rings. The number of nitrogens with zero attached hydrogens (tertiary/aromatic N) is 7. The van der Waals surface area contributed by atoms with Crippen LogP contribution in [0.15, 0.2) is 11.4 Å². The van der Waals surface area contributed by atoms with Gasteiger partial charge in [-0.2, -0.15) is 9.97 Å². The third-order valence-electron chi connectivity index (χ3n) is 5.26. The lowest BCUT2D eigenvalue weighted by Crippen LogP contribution is -2.29. The highest BCUT2D eigenvalue weighted by Crippen LogP contribution is 2.51. The van der Waals surface area contributed by atoms with Crippen LogP contribution >= 0.6 is 7.82 Å². The number of nitrogen functional groups attached to an aromatic ring is 1. The number of anilines is 1. The van der Waals surface area contributed by atoms with Crippen molar-refractivity contribution in [2.45, 2.75) is 58.1 Å². The number of carbonyl (C=O) groups excluding carboxylic acids is 1. The number of phosphoric ester groups is 1. The SMILES string of the molecule is CCOC(=O)C(C)OP(=O)(OC)OC[C@@H]1C[C@@](C)(N=[N+]=[N-])[C@H](n2cnc3c(OCC)nc(N)nc32)O1. The Balaban J connectivity index is 1.83. The van der Waals surface area contributed by atoms with Crippen molar-refractivity contribution < 1.29 is 37.1 Å². The second-order valence-electron chi connectivity index (χ2n) is 7.93. The highest BCUT2D eigenvalue weighted by molar-refractivity contribution is 7.48. The summed E-state index contributed by atoms with van der Waals surface area (Å²) in [6, 6.07) is 0. The van der Waals surface area contributed by atoms with Gasteiger partial charge in [-0.25, -0.2) is 14.3 Å². The van der Waals surface area contributed by atoms with Gasteiger partial charge in [-0.15, -0.1) is 0 Å². The number of rotatable bonds is 12. The molecule has 1 aliphatic rings. The molecule has 0 radical (unpaired) electrons. The van der Waals surface area contributed by atoms with Gasteiger partial charge in [-0.05, 0) is 39.6 Å². The van der Waals surface area contributed by atoms with E-state index in [1.54, 1.807) is 25.3 Å². The molecule has 0 aliphatic carbocycles. The zero-order valence-corrected chi connectivity index (χ0v) is 21.5. The first kappa shape index (κ1) is 27.6. The average molecular weight is 528 g/mol. The van der Waals surface area contributed by atoms with E-state index in [1.165, 1.54) is 13.3 Å². The van der Waals surface area contributed by atoms with Gasteiger partial charge < -0.3 is 19.9 Å². The summed E-state index contributed by atoms with van der Waals surface area (Å²) < 4.78 is 46.4. The maximum absolute atomic E-state index is 12.9. The van der Waals surface area contributed by atoms with Crippen LogP contribution in [0.25, 0.3) is 21.6 Å². The van der Waals surface area contributed by atoms with Crippen molar-refractivity contribution in [2.24, 2.45) is 5.11 Å². The van der Waals surface area contributed by atoms with Crippen LogP contribution < -0.4 is 10.5 Å². The minimum atomic E-state index is -4.14. The molecule has 0 saturated carbocycles. The molecule has 36 heavy (non-hydrogen) atoms. The minimum Gasteiger partial charge on any atom is -0.476 e. The molecule has 1 fully saturated rings. The third kappa shape index (κ3) is 5.86. The van der Waals surface area contributed by atoms with Crippen LogP contribution in [0.4, 0.5) is 5.95 Å². The number of carbonyl (C=O) groups is 1. The largest absolute Gasteiger partial charge is 0.476 e. The summed E-state index contributed by atoms with van der Waals surface area (Å²) in [5.41, 5.74) is 14.6. The van der Waals surface area contributed by atoms with Crippen molar-refractivity contribution in [3.8, 4) is 5.88 Å². The molecule has 2 N–H and O–H groups in total. The molecule has 0 spiro atoms. The van der Waals surface area contributed by atoms with Gasteiger partial charge >= 0.3 is 13.8 Å². The number of hydrogen-bond donors (Lipinski definition) is 1. The van der Waals surface area contributed by atoms with E-state index in [9.17, 15) is 14.9 Å². The Labute approximate surface area is 206 Å². The number of hydrogen-bond acceptors (Lipinski definition) is 13. The summed E-state index contributed by atoms with van der Waals surface area (Å²) in [6.07, 6.45) is -1.15. The Morgan fingerprint density at radius 2 is 2.19 bits per heavy atom. The van der Waals surface area contributed by atoms with Crippen molar-refractivity contribution in [3.63, 3.8) is 0 Å². The lowest BCUT2D eigenvalue weighted by Gasteiger charge is -2.25. The number of imidazole rings is 1. The number of aromatic nitrogens is 4. The van der Waals surface area contributed by atoms with Gasteiger partial charge in [0.15, 0.2) is 17.3 Å². The van der Waals surface area contributed by atoms with E-state index in [1.807, 2.05) is 0 Å². The second-order valence-corrected chi connectivity index (χ2v) is 9.66. The molecule has 0 bridgehead atoms. The van der Waals surface area contributed by atoms with Gasteiger partial charge in [0.1, 0.15) is 6.23 Å². The topological polar surface area (TPSA) is 208 Å². The smallest absolute Gasteiger partial charge is 0.475 e. The lowest BCUT2D eigenvalue weighted by atomic mass is 9.97. The summed E-state index contributed by atoms with van der Waals surface area (Å²) in [6.45, 7) is 6.68. The van der Waals surface area contributed by atoms with Gasteiger partial charge in [0, 0.05) is 12.0 Å². The van der Waals surface area contributed by atoms with E-state index in [-0.39, 0.29) is 31.5 Å². The zero-order valence-electron chi connectivity index (χ0n) is 20.6. The van der Waals surface area contributed by atoms with Crippen molar-refractivity contribution in [1.82, 2.24) is 19.5 Å². The molecule has 0 aromatic carbocycles. The minimum absolute atomic E-state index is 0.0371. The van der Waals surface area contributed by atoms with E-state index in [4.69, 9.17) is 33.5 Å². The van der Waals surface area contributed by atoms with Crippen molar-refractivity contribution in [1.29, 1.82) is 0 Å². The van der Waals surface area contributed by atoms with Crippen LogP contribution in [-0.4, -0.2) is 70.2 Å². The molecular weight excluding hydrogens is 499 g/mol. The molecule has 1 aliphatic heterocycles. The van der Waals surface area contributed by atoms with Crippen LogP contribution in [0.3, 0.4) is 0 Å².